The van der Waals surface area contributed by atoms with Crippen LogP contribution in [0.15, 0.2) is 12.1 Å². The molecule has 0 heterocycles. The van der Waals surface area contributed by atoms with Crippen LogP contribution in [0.4, 0.5) is 10.5 Å². The molecule has 1 atom stereocenters. The molecule has 1 rings (SSSR count). The average molecular weight is 367 g/mol. The quantitative estimate of drug-likeness (QED) is 0.608. The molecular formula is C17H25N3O4S. The number of hydrogen-bond donors (Lipinski definition) is 3. The van der Waals surface area contributed by atoms with E-state index in [9.17, 15) is 14.4 Å². The van der Waals surface area contributed by atoms with E-state index >= 15 is 0 Å². The molecule has 0 aliphatic carbocycles. The number of esters is 1. The normalized spacial score (nSPS) is 11.5. The van der Waals surface area contributed by atoms with Gasteiger partial charge < -0.3 is 21.1 Å². The van der Waals surface area contributed by atoms with E-state index in [-0.39, 0.29) is 0 Å². The summed E-state index contributed by atoms with van der Waals surface area (Å²) < 4.78 is 5.01. The molecule has 0 saturated heterocycles. The molecule has 1 aromatic rings. The molecule has 25 heavy (non-hydrogen) atoms. The van der Waals surface area contributed by atoms with Crippen LogP contribution >= 0.6 is 11.8 Å². The van der Waals surface area contributed by atoms with Gasteiger partial charge in [-0.2, -0.15) is 11.8 Å². The van der Waals surface area contributed by atoms with Gasteiger partial charge in [0.25, 0.3) is 5.91 Å². The molecule has 0 spiro atoms. The van der Waals surface area contributed by atoms with Crippen LogP contribution in [0.3, 0.4) is 0 Å². The van der Waals surface area contributed by atoms with Crippen LogP contribution < -0.4 is 16.4 Å². The smallest absolute Gasteiger partial charge is 0.329 e. The van der Waals surface area contributed by atoms with Gasteiger partial charge in [0.1, 0.15) is 6.04 Å². The number of primary amides is 1. The van der Waals surface area contributed by atoms with Gasteiger partial charge in [-0.05, 0) is 50.3 Å². The van der Waals surface area contributed by atoms with Gasteiger partial charge in [0.15, 0.2) is 6.61 Å². The Hall–Kier alpha value is -2.22. The highest BCUT2D eigenvalue weighted by Gasteiger charge is 2.22. The topological polar surface area (TPSA) is 111 Å². The number of nitrogens with one attached hydrogen (secondary N) is 2. The Morgan fingerprint density at radius 3 is 2.32 bits per heavy atom. The predicted octanol–water partition coefficient (Wildman–Crippen LogP) is 1.88. The second-order valence-electron chi connectivity index (χ2n) is 5.77. The molecule has 0 bridgehead atoms. The van der Waals surface area contributed by atoms with Crippen LogP contribution in [-0.2, 0) is 14.3 Å². The number of rotatable bonds is 8. The first-order valence-corrected chi connectivity index (χ1v) is 9.23. The van der Waals surface area contributed by atoms with E-state index in [0.29, 0.717) is 17.9 Å². The molecule has 0 unspecified atom stereocenters. The molecule has 0 aliphatic heterocycles. The summed E-state index contributed by atoms with van der Waals surface area (Å²) in [6.45, 7) is 5.35. The molecule has 0 aliphatic rings. The summed E-state index contributed by atoms with van der Waals surface area (Å²) in [7, 11) is 0. The fourth-order valence-corrected chi connectivity index (χ4v) is 2.92. The van der Waals surface area contributed by atoms with E-state index in [1.807, 2.05) is 39.2 Å². The maximum atomic E-state index is 12.1. The number of urea groups is 1. The maximum absolute atomic E-state index is 12.1. The van der Waals surface area contributed by atoms with Gasteiger partial charge in [0.05, 0.1) is 0 Å². The van der Waals surface area contributed by atoms with Crippen molar-refractivity contribution in [3.05, 3.63) is 28.8 Å². The Balaban J connectivity index is 2.62. The number of hydrogen-bond acceptors (Lipinski definition) is 5. The summed E-state index contributed by atoms with van der Waals surface area (Å²) in [6.07, 6.45) is 2.26. The zero-order chi connectivity index (χ0) is 19.0. The third-order valence-electron chi connectivity index (χ3n) is 3.50. The summed E-state index contributed by atoms with van der Waals surface area (Å²) in [5.41, 5.74) is 8.75. The number of nitrogens with two attached hydrogens (primary N) is 1. The lowest BCUT2D eigenvalue weighted by Gasteiger charge is -2.16. The van der Waals surface area contributed by atoms with Gasteiger partial charge in [-0.15, -0.1) is 0 Å². The van der Waals surface area contributed by atoms with E-state index < -0.39 is 30.6 Å². The van der Waals surface area contributed by atoms with Crippen molar-refractivity contribution in [2.45, 2.75) is 33.2 Å². The molecule has 4 N–H and O–H groups in total. The van der Waals surface area contributed by atoms with E-state index in [4.69, 9.17) is 10.5 Å². The highest BCUT2D eigenvalue weighted by molar-refractivity contribution is 7.98. The van der Waals surface area contributed by atoms with Crippen LogP contribution in [0.2, 0.25) is 0 Å². The number of thioether (sulfide) groups is 1. The van der Waals surface area contributed by atoms with E-state index in [1.54, 1.807) is 0 Å². The maximum Gasteiger partial charge on any atom is 0.329 e. The number of carbonyl (C=O) groups excluding carboxylic acids is 3. The number of anilines is 1. The van der Waals surface area contributed by atoms with E-state index in [2.05, 4.69) is 10.6 Å². The van der Waals surface area contributed by atoms with E-state index in [0.717, 1.165) is 16.7 Å². The largest absolute Gasteiger partial charge is 0.454 e. The fourth-order valence-electron chi connectivity index (χ4n) is 2.45. The zero-order valence-corrected chi connectivity index (χ0v) is 15.8. The van der Waals surface area contributed by atoms with Crippen LogP contribution in [0.1, 0.15) is 23.1 Å². The third-order valence-corrected chi connectivity index (χ3v) is 4.14. The molecule has 3 amide bonds. The van der Waals surface area contributed by atoms with Gasteiger partial charge in [-0.1, -0.05) is 17.7 Å². The number of ether oxygens (including phenoxy) is 1. The van der Waals surface area contributed by atoms with Crippen molar-refractivity contribution in [1.82, 2.24) is 5.32 Å². The Kier molecular flexibility index (Phi) is 8.27. The summed E-state index contributed by atoms with van der Waals surface area (Å²) in [5.74, 6) is -0.472. The van der Waals surface area contributed by atoms with Crippen molar-refractivity contribution in [1.29, 1.82) is 0 Å². The van der Waals surface area contributed by atoms with Crippen LogP contribution in [0.25, 0.3) is 0 Å². The standard InChI is InChI=1S/C17H25N3O4S/c1-10-7-11(2)15(12(3)8-10)20-14(21)9-24-16(22)13(5-6-25-4)19-17(18)23/h7-8,13H,5-6,9H2,1-4H3,(H,20,21)(H3,18,19,23)/t13-/m1/s1. The SMILES string of the molecule is CSCC[C@@H](NC(N)=O)C(=O)OCC(=O)Nc1c(C)cc(C)cc1C. The third kappa shape index (κ3) is 7.04. The molecule has 0 fully saturated rings. The Morgan fingerprint density at radius 2 is 1.80 bits per heavy atom. The molecule has 0 radical (unpaired) electrons. The second-order valence-corrected chi connectivity index (χ2v) is 6.76. The number of benzene rings is 1. The zero-order valence-electron chi connectivity index (χ0n) is 15.0. The molecular weight excluding hydrogens is 342 g/mol. The second kappa shape index (κ2) is 9.93. The first kappa shape index (κ1) is 20.8. The summed E-state index contributed by atoms with van der Waals surface area (Å²) >= 11 is 1.53. The number of aryl methyl sites for hydroxylation is 3. The van der Waals surface area contributed by atoms with Gasteiger partial charge in [0, 0.05) is 5.69 Å². The molecule has 7 nitrogen and oxygen atoms in total. The number of amides is 3. The van der Waals surface area contributed by atoms with Crippen molar-refractivity contribution in [2.24, 2.45) is 5.73 Å². The average Bonchev–Trinajstić information content (AvgIpc) is 2.52. The van der Waals surface area contributed by atoms with E-state index in [1.165, 1.54) is 11.8 Å². The fraction of sp³-hybridized carbons (Fsp3) is 0.471. The first-order valence-electron chi connectivity index (χ1n) is 7.83. The Bertz CT molecular complexity index is 626. The molecule has 0 saturated carbocycles. The molecule has 1 aromatic carbocycles. The molecule has 0 aromatic heterocycles. The Labute approximate surface area is 152 Å². The van der Waals surface area contributed by atoms with Crippen molar-refractivity contribution in [3.63, 3.8) is 0 Å². The van der Waals surface area contributed by atoms with Gasteiger partial charge in [0.2, 0.25) is 0 Å². The van der Waals surface area contributed by atoms with Gasteiger partial charge in [-0.25, -0.2) is 9.59 Å². The summed E-state index contributed by atoms with van der Waals surface area (Å²) in [6, 6.07) is 2.26. The highest BCUT2D eigenvalue weighted by Crippen LogP contribution is 2.21. The minimum atomic E-state index is -0.861. The Morgan fingerprint density at radius 1 is 1.20 bits per heavy atom. The minimum absolute atomic E-state index is 0.376. The van der Waals surface area contributed by atoms with Crippen molar-refractivity contribution >= 4 is 35.4 Å². The van der Waals surface area contributed by atoms with Crippen molar-refractivity contribution in [3.8, 4) is 0 Å². The lowest BCUT2D eigenvalue weighted by atomic mass is 10.1. The van der Waals surface area contributed by atoms with Crippen LogP contribution in [0, 0.1) is 20.8 Å². The molecule has 138 valence electrons. The summed E-state index contributed by atoms with van der Waals surface area (Å²) in [5, 5.41) is 5.08. The highest BCUT2D eigenvalue weighted by atomic mass is 32.2. The lowest BCUT2D eigenvalue weighted by molar-refractivity contribution is -0.149. The predicted molar refractivity (Wildman–Crippen MR) is 99.7 cm³/mol. The monoisotopic (exact) mass is 367 g/mol. The lowest BCUT2D eigenvalue weighted by Crippen LogP contribution is -2.45. The molecule has 8 heteroatoms. The van der Waals surface area contributed by atoms with Crippen molar-refractivity contribution in [2.75, 3.05) is 23.9 Å². The first-order chi connectivity index (χ1) is 11.7. The summed E-state index contributed by atoms with van der Waals surface area (Å²) in [4.78, 5) is 35.1. The minimum Gasteiger partial charge on any atom is -0.454 e. The number of carbonyl (C=O) groups is 3. The van der Waals surface area contributed by atoms with Crippen molar-refractivity contribution < 1.29 is 19.1 Å². The van der Waals surface area contributed by atoms with Crippen LogP contribution in [-0.4, -0.2) is 42.6 Å². The van der Waals surface area contributed by atoms with Gasteiger partial charge >= 0.3 is 12.0 Å². The van der Waals surface area contributed by atoms with Crippen LogP contribution in [0.5, 0.6) is 0 Å². The van der Waals surface area contributed by atoms with Gasteiger partial charge in [-0.3, -0.25) is 4.79 Å².